The van der Waals surface area contributed by atoms with Crippen LogP contribution in [0.1, 0.15) is 26.1 Å². The van der Waals surface area contributed by atoms with Crippen molar-refractivity contribution in [1.29, 1.82) is 0 Å². The van der Waals surface area contributed by atoms with Crippen LogP contribution in [0.25, 0.3) is 12.2 Å². The van der Waals surface area contributed by atoms with E-state index >= 15 is 0 Å². The van der Waals surface area contributed by atoms with E-state index in [1.807, 2.05) is 6.92 Å². The van der Waals surface area contributed by atoms with Gasteiger partial charge < -0.3 is 4.57 Å². The first-order chi connectivity index (χ1) is 6.91. The van der Waals surface area contributed by atoms with E-state index in [1.165, 1.54) is 7.05 Å². The largest absolute Gasteiger partial charge is 0.449 e. The van der Waals surface area contributed by atoms with Gasteiger partial charge in [0.2, 0.25) is 5.82 Å². The van der Waals surface area contributed by atoms with Gasteiger partial charge in [0.05, 0.1) is 10.7 Å². The maximum atomic E-state index is 12.5. The Labute approximate surface area is 85.7 Å². The number of hydrogen-bond acceptors (Lipinski definition) is 1. The van der Waals surface area contributed by atoms with Gasteiger partial charge in [-0.2, -0.15) is 13.2 Å². The van der Waals surface area contributed by atoms with Crippen LogP contribution in [0.5, 0.6) is 0 Å². The van der Waals surface area contributed by atoms with Crippen molar-refractivity contribution in [2.45, 2.75) is 26.4 Å². The van der Waals surface area contributed by atoms with Gasteiger partial charge in [-0.05, 0) is 13.3 Å². The molecule has 0 atom stereocenters. The molecule has 0 aliphatic carbocycles. The average Bonchev–Trinajstić information content (AvgIpc) is 2.42. The molecular weight excluding hydrogens is 205 g/mol. The summed E-state index contributed by atoms with van der Waals surface area (Å²) in [5, 5.41) is 0.902. The van der Waals surface area contributed by atoms with Gasteiger partial charge in [-0.1, -0.05) is 19.1 Å². The normalized spacial score (nSPS) is 15.1. The fourth-order valence-electron chi connectivity index (χ4n) is 1.47. The van der Waals surface area contributed by atoms with E-state index in [0.717, 1.165) is 4.57 Å². The second-order valence-corrected chi connectivity index (χ2v) is 3.16. The molecule has 0 aliphatic heterocycles. The van der Waals surface area contributed by atoms with E-state index in [4.69, 9.17) is 0 Å². The minimum Gasteiger partial charge on any atom is -0.324 e. The van der Waals surface area contributed by atoms with Gasteiger partial charge >= 0.3 is 6.18 Å². The van der Waals surface area contributed by atoms with Crippen LogP contribution in [-0.4, -0.2) is 9.55 Å². The Morgan fingerprint density at radius 1 is 1.40 bits per heavy atom. The second-order valence-electron chi connectivity index (χ2n) is 3.16. The molecule has 0 aromatic carbocycles. The zero-order chi connectivity index (χ0) is 11.6. The highest BCUT2D eigenvalue weighted by Gasteiger charge is 2.36. The summed E-state index contributed by atoms with van der Waals surface area (Å²) in [6.07, 6.45) is -0.421. The molecule has 0 fully saturated rings. The third-order valence-corrected chi connectivity index (χ3v) is 2.09. The van der Waals surface area contributed by atoms with Crippen LogP contribution in [-0.2, 0) is 13.2 Å². The molecular formula is C10H13F3N2. The summed E-state index contributed by atoms with van der Waals surface area (Å²) in [4.78, 5) is 3.59. The molecule has 0 saturated heterocycles. The van der Waals surface area contributed by atoms with Crippen LogP contribution >= 0.6 is 0 Å². The Kier molecular flexibility index (Phi) is 3.21. The molecule has 0 unspecified atom stereocenters. The van der Waals surface area contributed by atoms with E-state index in [1.54, 1.807) is 19.1 Å². The Hall–Kier alpha value is -1.26. The summed E-state index contributed by atoms with van der Waals surface area (Å²) in [6, 6.07) is 0. The van der Waals surface area contributed by atoms with E-state index in [2.05, 4.69) is 4.98 Å². The van der Waals surface area contributed by atoms with Crippen molar-refractivity contribution < 1.29 is 13.2 Å². The highest BCUT2D eigenvalue weighted by molar-refractivity contribution is 5.25. The van der Waals surface area contributed by atoms with Crippen molar-refractivity contribution in [2.24, 2.45) is 7.05 Å². The van der Waals surface area contributed by atoms with Crippen molar-refractivity contribution in [2.75, 3.05) is 0 Å². The standard InChI is InChI=1S/C10H13F3N2/c1-4-6-7-8(5-2)15(3)9(14-7)10(11,12)13/h5-6H,4H2,1-3H3/b7-6+,8-5+. The number of imidazole rings is 1. The predicted molar refractivity (Wildman–Crippen MR) is 52.4 cm³/mol. The third kappa shape index (κ3) is 2.22. The molecule has 0 radical (unpaired) electrons. The topological polar surface area (TPSA) is 17.8 Å². The Morgan fingerprint density at radius 3 is 2.40 bits per heavy atom. The van der Waals surface area contributed by atoms with Gasteiger partial charge in [-0.3, -0.25) is 0 Å². The van der Waals surface area contributed by atoms with Gasteiger partial charge in [0.1, 0.15) is 0 Å². The van der Waals surface area contributed by atoms with Gasteiger partial charge in [0, 0.05) is 7.05 Å². The summed E-state index contributed by atoms with van der Waals surface area (Å²) in [5.74, 6) is -0.852. The number of halogens is 3. The number of alkyl halides is 3. The van der Waals surface area contributed by atoms with Crippen LogP contribution in [0.4, 0.5) is 13.2 Å². The van der Waals surface area contributed by atoms with Crippen molar-refractivity contribution in [3.05, 3.63) is 16.5 Å². The lowest BCUT2D eigenvalue weighted by molar-refractivity contribution is -0.146. The summed E-state index contributed by atoms with van der Waals surface area (Å²) in [6.45, 7) is 3.56. The number of hydrogen-bond donors (Lipinski definition) is 0. The van der Waals surface area contributed by atoms with Crippen LogP contribution in [0, 0.1) is 0 Å². The van der Waals surface area contributed by atoms with Crippen LogP contribution in [0.3, 0.4) is 0 Å². The lowest BCUT2D eigenvalue weighted by Gasteiger charge is -2.04. The van der Waals surface area contributed by atoms with E-state index < -0.39 is 12.0 Å². The van der Waals surface area contributed by atoms with Gasteiger partial charge in [0.15, 0.2) is 0 Å². The maximum absolute atomic E-state index is 12.5. The smallest absolute Gasteiger partial charge is 0.324 e. The monoisotopic (exact) mass is 218 g/mol. The molecule has 0 aliphatic rings. The van der Waals surface area contributed by atoms with Gasteiger partial charge in [-0.25, -0.2) is 4.98 Å². The Bertz CT molecular complexity index is 454. The fourth-order valence-corrected chi connectivity index (χ4v) is 1.47. The molecule has 0 saturated carbocycles. The van der Waals surface area contributed by atoms with Crippen LogP contribution in [0.2, 0.25) is 0 Å². The first-order valence-electron chi connectivity index (χ1n) is 4.68. The lowest BCUT2D eigenvalue weighted by atomic mass is 10.4. The molecule has 15 heavy (non-hydrogen) atoms. The fraction of sp³-hybridized carbons (Fsp3) is 0.500. The van der Waals surface area contributed by atoms with E-state index in [0.29, 0.717) is 17.1 Å². The van der Waals surface area contributed by atoms with Gasteiger partial charge in [0.25, 0.3) is 0 Å². The van der Waals surface area contributed by atoms with Gasteiger partial charge in [-0.15, -0.1) is 0 Å². The number of rotatable bonds is 1. The first kappa shape index (κ1) is 11.8. The van der Waals surface area contributed by atoms with Crippen LogP contribution < -0.4 is 10.7 Å². The van der Waals surface area contributed by atoms with Crippen molar-refractivity contribution in [1.82, 2.24) is 9.55 Å². The summed E-state index contributed by atoms with van der Waals surface area (Å²) < 4.78 is 38.6. The number of aromatic nitrogens is 2. The molecule has 5 heteroatoms. The van der Waals surface area contributed by atoms with Crippen molar-refractivity contribution >= 4 is 12.2 Å². The molecule has 1 aromatic rings. The lowest BCUT2D eigenvalue weighted by Crippen LogP contribution is -2.28. The highest BCUT2D eigenvalue weighted by atomic mass is 19.4. The molecule has 0 bridgehead atoms. The Balaban J connectivity index is 3.57. The highest BCUT2D eigenvalue weighted by Crippen LogP contribution is 2.25. The molecule has 0 N–H and O–H groups in total. The predicted octanol–water partition coefficient (Wildman–Crippen LogP) is 1.43. The average molecular weight is 218 g/mol. The maximum Gasteiger partial charge on any atom is 0.449 e. The van der Waals surface area contributed by atoms with Crippen molar-refractivity contribution in [3.8, 4) is 0 Å². The quantitative estimate of drug-likeness (QED) is 0.697. The summed E-state index contributed by atoms with van der Waals surface area (Å²) in [5.41, 5.74) is 0. The molecule has 1 aromatic heterocycles. The minimum atomic E-state index is -4.40. The third-order valence-electron chi connectivity index (χ3n) is 2.09. The molecule has 1 rings (SSSR count). The molecule has 84 valence electrons. The molecule has 1 heterocycles. The Morgan fingerprint density at radius 2 is 2.00 bits per heavy atom. The zero-order valence-corrected chi connectivity index (χ0v) is 8.89. The SMILES string of the molecule is C/C=c1\c(=C/CC)nc(C(F)(F)F)n1C. The summed E-state index contributed by atoms with van der Waals surface area (Å²) in [7, 11) is 1.37. The van der Waals surface area contributed by atoms with E-state index in [-0.39, 0.29) is 0 Å². The first-order valence-corrected chi connectivity index (χ1v) is 4.68. The molecule has 2 nitrogen and oxygen atoms in total. The van der Waals surface area contributed by atoms with Crippen molar-refractivity contribution in [3.63, 3.8) is 0 Å². The van der Waals surface area contributed by atoms with Crippen LogP contribution in [0.15, 0.2) is 0 Å². The molecule has 0 spiro atoms. The second kappa shape index (κ2) is 4.08. The van der Waals surface area contributed by atoms with E-state index in [9.17, 15) is 13.2 Å². The number of nitrogens with zero attached hydrogens (tertiary/aromatic N) is 2. The minimum absolute atomic E-state index is 0.398. The molecule has 0 amide bonds. The summed E-state index contributed by atoms with van der Waals surface area (Å²) >= 11 is 0. The zero-order valence-electron chi connectivity index (χ0n) is 8.89.